The van der Waals surface area contributed by atoms with E-state index in [1.165, 1.54) is 0 Å². The van der Waals surface area contributed by atoms with Crippen LogP contribution in [0.5, 0.6) is 5.75 Å². The van der Waals surface area contributed by atoms with Crippen molar-refractivity contribution in [3.8, 4) is 5.75 Å². The Morgan fingerprint density at radius 1 is 1.26 bits per heavy atom. The van der Waals surface area contributed by atoms with Gasteiger partial charge in [-0.3, -0.25) is 10.1 Å². The summed E-state index contributed by atoms with van der Waals surface area (Å²) in [5.41, 5.74) is 0.991. The molecule has 2 rings (SSSR count). The van der Waals surface area contributed by atoms with E-state index in [1.54, 1.807) is 43.5 Å². The van der Waals surface area contributed by atoms with E-state index in [9.17, 15) is 4.79 Å². The second-order valence-corrected chi connectivity index (χ2v) is 6.71. The smallest absolute Gasteiger partial charge is 0.257 e. The van der Waals surface area contributed by atoms with Gasteiger partial charge in [0.05, 0.1) is 26.4 Å². The Morgan fingerprint density at radius 2 is 2.00 bits per heavy atom. The predicted molar refractivity (Wildman–Crippen MR) is 106 cm³/mol. The Balaban J connectivity index is 2.06. The van der Waals surface area contributed by atoms with Gasteiger partial charge in [0.25, 0.3) is 5.91 Å². The zero-order chi connectivity index (χ0) is 17.0. The van der Waals surface area contributed by atoms with Gasteiger partial charge in [0.1, 0.15) is 5.75 Å². The molecule has 0 heterocycles. The minimum absolute atomic E-state index is 0.130. The summed E-state index contributed by atoms with van der Waals surface area (Å²) in [7, 11) is 1.57. The molecule has 0 saturated heterocycles. The average molecular weight is 481 g/mol. The molecular weight excluding hydrogens is 470 g/mol. The molecule has 0 aliphatic heterocycles. The van der Waals surface area contributed by atoms with E-state index in [1.807, 2.05) is 0 Å². The third-order valence-electron chi connectivity index (χ3n) is 2.84. The second-order valence-electron chi connectivity index (χ2n) is 4.36. The first-order valence-corrected chi connectivity index (χ1v) is 8.56. The molecule has 0 aliphatic rings. The summed E-state index contributed by atoms with van der Waals surface area (Å²) in [6, 6.07) is 10.2. The van der Waals surface area contributed by atoms with Crippen LogP contribution in [0, 0.1) is 3.57 Å². The van der Waals surface area contributed by atoms with Gasteiger partial charge < -0.3 is 10.1 Å². The molecule has 2 aromatic carbocycles. The van der Waals surface area contributed by atoms with Gasteiger partial charge in [-0.05, 0) is 65.1 Å². The van der Waals surface area contributed by atoms with Crippen LogP contribution in [0.3, 0.4) is 0 Å². The van der Waals surface area contributed by atoms with Crippen LogP contribution in [0.25, 0.3) is 0 Å². The number of anilines is 1. The van der Waals surface area contributed by atoms with Crippen molar-refractivity contribution in [2.75, 3.05) is 12.4 Å². The molecule has 23 heavy (non-hydrogen) atoms. The van der Waals surface area contributed by atoms with Crippen LogP contribution in [0.2, 0.25) is 10.0 Å². The molecule has 8 heteroatoms. The van der Waals surface area contributed by atoms with Crippen molar-refractivity contribution < 1.29 is 9.53 Å². The molecule has 1 amide bonds. The maximum Gasteiger partial charge on any atom is 0.257 e. The van der Waals surface area contributed by atoms with Crippen LogP contribution in [0.15, 0.2) is 36.4 Å². The van der Waals surface area contributed by atoms with Crippen LogP contribution in [-0.4, -0.2) is 18.1 Å². The van der Waals surface area contributed by atoms with Crippen molar-refractivity contribution in [1.29, 1.82) is 0 Å². The highest BCUT2D eigenvalue weighted by atomic mass is 127. The van der Waals surface area contributed by atoms with Crippen molar-refractivity contribution >= 4 is 74.7 Å². The van der Waals surface area contributed by atoms with Gasteiger partial charge in [0, 0.05) is 5.56 Å². The van der Waals surface area contributed by atoms with E-state index in [2.05, 4.69) is 33.2 Å². The van der Waals surface area contributed by atoms with Crippen molar-refractivity contribution in [1.82, 2.24) is 5.32 Å². The van der Waals surface area contributed by atoms with Gasteiger partial charge in [-0.1, -0.05) is 29.3 Å². The molecule has 2 aromatic rings. The standard InChI is InChI=1S/C15H11Cl2IN2O2S/c1-22-12-6-5-8(7-10(12)18)14(21)20-15(23)19-11-4-2-3-9(16)13(11)17/h2-7H,1H3,(H2,19,20,21,23). The minimum Gasteiger partial charge on any atom is -0.496 e. The van der Waals surface area contributed by atoms with E-state index in [-0.39, 0.29) is 11.0 Å². The number of methoxy groups -OCH3 is 1. The van der Waals surface area contributed by atoms with E-state index >= 15 is 0 Å². The quantitative estimate of drug-likeness (QED) is 0.492. The summed E-state index contributed by atoms with van der Waals surface area (Å²) in [5, 5.41) is 6.30. The lowest BCUT2D eigenvalue weighted by molar-refractivity contribution is 0.0977. The fraction of sp³-hybridized carbons (Fsp3) is 0.0667. The Bertz CT molecular complexity index is 771. The summed E-state index contributed by atoms with van der Waals surface area (Å²) in [4.78, 5) is 12.2. The fourth-order valence-electron chi connectivity index (χ4n) is 1.74. The van der Waals surface area contributed by atoms with E-state index in [4.69, 9.17) is 40.2 Å². The van der Waals surface area contributed by atoms with E-state index < -0.39 is 0 Å². The number of amides is 1. The first-order valence-electron chi connectivity index (χ1n) is 6.32. The second kappa shape index (κ2) is 8.14. The number of hydrogen-bond acceptors (Lipinski definition) is 3. The molecular formula is C15H11Cl2IN2O2S. The van der Waals surface area contributed by atoms with Gasteiger partial charge >= 0.3 is 0 Å². The number of carbonyl (C=O) groups is 1. The summed E-state index contributed by atoms with van der Waals surface area (Å²) < 4.78 is 5.99. The number of thiocarbonyl (C=S) groups is 1. The monoisotopic (exact) mass is 480 g/mol. The third kappa shape index (κ3) is 4.69. The van der Waals surface area contributed by atoms with Crippen molar-refractivity contribution in [3.63, 3.8) is 0 Å². The van der Waals surface area contributed by atoms with Crippen molar-refractivity contribution in [2.24, 2.45) is 0 Å². The highest BCUT2D eigenvalue weighted by Crippen LogP contribution is 2.29. The maximum atomic E-state index is 12.2. The highest BCUT2D eigenvalue weighted by Gasteiger charge is 2.12. The van der Waals surface area contributed by atoms with Crippen LogP contribution in [0.4, 0.5) is 5.69 Å². The molecule has 0 fully saturated rings. The highest BCUT2D eigenvalue weighted by molar-refractivity contribution is 14.1. The van der Waals surface area contributed by atoms with E-state index in [0.717, 1.165) is 3.57 Å². The number of carbonyl (C=O) groups excluding carboxylic acids is 1. The van der Waals surface area contributed by atoms with Gasteiger partial charge in [-0.25, -0.2) is 0 Å². The Labute approximate surface area is 162 Å². The molecule has 4 nitrogen and oxygen atoms in total. The molecule has 2 N–H and O–H groups in total. The molecule has 0 unspecified atom stereocenters. The first kappa shape index (κ1) is 18.3. The van der Waals surface area contributed by atoms with Crippen molar-refractivity contribution in [2.45, 2.75) is 0 Å². The lowest BCUT2D eigenvalue weighted by atomic mass is 10.2. The summed E-state index contributed by atoms with van der Waals surface area (Å²) >= 11 is 19.2. The first-order chi connectivity index (χ1) is 10.9. The molecule has 0 bridgehead atoms. The number of benzene rings is 2. The molecule has 0 aromatic heterocycles. The number of ether oxygens (including phenoxy) is 1. The maximum absolute atomic E-state index is 12.2. The predicted octanol–water partition coefficient (Wildman–Crippen LogP) is 4.73. The molecule has 0 aliphatic carbocycles. The zero-order valence-corrected chi connectivity index (χ0v) is 16.3. The molecule has 120 valence electrons. The molecule has 0 atom stereocenters. The normalized spacial score (nSPS) is 10.1. The Morgan fingerprint density at radius 3 is 2.65 bits per heavy atom. The van der Waals surface area contributed by atoms with Crippen LogP contribution in [0.1, 0.15) is 10.4 Å². The lowest BCUT2D eigenvalue weighted by Crippen LogP contribution is -2.34. The molecule has 0 spiro atoms. The summed E-state index contributed by atoms with van der Waals surface area (Å²) in [6.45, 7) is 0. The average Bonchev–Trinajstić information content (AvgIpc) is 2.51. The van der Waals surface area contributed by atoms with E-state index in [0.29, 0.717) is 27.0 Å². The molecule has 0 saturated carbocycles. The topological polar surface area (TPSA) is 50.4 Å². The van der Waals surface area contributed by atoms with Crippen LogP contribution >= 0.6 is 58.0 Å². The minimum atomic E-state index is -0.332. The third-order valence-corrected chi connectivity index (χ3v) is 4.71. The van der Waals surface area contributed by atoms with Gasteiger partial charge in [0.2, 0.25) is 0 Å². The summed E-state index contributed by atoms with van der Waals surface area (Å²) in [5.74, 6) is 0.370. The summed E-state index contributed by atoms with van der Waals surface area (Å²) in [6.07, 6.45) is 0. The fourth-order valence-corrected chi connectivity index (χ4v) is 3.02. The zero-order valence-electron chi connectivity index (χ0n) is 11.8. The Hall–Kier alpha value is -1.09. The number of hydrogen-bond donors (Lipinski definition) is 2. The van der Waals surface area contributed by atoms with Crippen LogP contribution in [-0.2, 0) is 0 Å². The number of rotatable bonds is 3. The van der Waals surface area contributed by atoms with Crippen LogP contribution < -0.4 is 15.4 Å². The molecule has 0 radical (unpaired) electrons. The number of halogens is 3. The largest absolute Gasteiger partial charge is 0.496 e. The van der Waals surface area contributed by atoms with Crippen molar-refractivity contribution in [3.05, 3.63) is 55.6 Å². The number of nitrogens with one attached hydrogen (secondary N) is 2. The van der Waals surface area contributed by atoms with Gasteiger partial charge in [-0.15, -0.1) is 0 Å². The van der Waals surface area contributed by atoms with Gasteiger partial charge in [0.15, 0.2) is 5.11 Å². The Kier molecular flexibility index (Phi) is 6.46. The SMILES string of the molecule is COc1ccc(C(=O)NC(=S)Nc2cccc(Cl)c2Cl)cc1I. The van der Waals surface area contributed by atoms with Gasteiger partial charge in [-0.2, -0.15) is 0 Å². The lowest BCUT2D eigenvalue weighted by Gasteiger charge is -2.12.